The van der Waals surface area contributed by atoms with Gasteiger partial charge in [-0.1, -0.05) is 6.92 Å². The number of pyridine rings is 1. The molecule has 1 N–H and O–H groups in total. The maximum atomic E-state index is 5.59. The first-order valence-corrected chi connectivity index (χ1v) is 6.66. The standard InChI is InChI=1S/C14H22N2O2/c1-3-12-8-11(10-15-13-4-5-13)9-14(16-12)18-7-6-17-2/h8-9,13,15H,3-7,10H2,1-2H3. The lowest BCUT2D eigenvalue weighted by atomic mass is 10.2. The van der Waals surface area contributed by atoms with Gasteiger partial charge in [-0.2, -0.15) is 0 Å². The Bertz CT molecular complexity index is 378. The number of aryl methyl sites for hydroxylation is 1. The van der Waals surface area contributed by atoms with E-state index in [1.165, 1.54) is 18.4 Å². The molecule has 1 aliphatic carbocycles. The van der Waals surface area contributed by atoms with Gasteiger partial charge >= 0.3 is 0 Å². The molecule has 0 bridgehead atoms. The van der Waals surface area contributed by atoms with Crippen LogP contribution in [0.4, 0.5) is 0 Å². The van der Waals surface area contributed by atoms with E-state index in [1.807, 2.05) is 6.07 Å². The molecule has 1 aromatic rings. The van der Waals surface area contributed by atoms with Crippen LogP contribution in [0.3, 0.4) is 0 Å². The lowest BCUT2D eigenvalue weighted by Gasteiger charge is -2.10. The fourth-order valence-electron chi connectivity index (χ4n) is 1.76. The average molecular weight is 250 g/mol. The van der Waals surface area contributed by atoms with Crippen molar-refractivity contribution in [1.29, 1.82) is 0 Å². The van der Waals surface area contributed by atoms with Crippen molar-refractivity contribution in [3.8, 4) is 5.88 Å². The van der Waals surface area contributed by atoms with Crippen LogP contribution in [-0.2, 0) is 17.7 Å². The molecule has 0 saturated heterocycles. The highest BCUT2D eigenvalue weighted by atomic mass is 16.5. The highest BCUT2D eigenvalue weighted by Gasteiger charge is 2.20. The van der Waals surface area contributed by atoms with Crippen LogP contribution in [-0.4, -0.2) is 31.3 Å². The summed E-state index contributed by atoms with van der Waals surface area (Å²) in [6.45, 7) is 4.15. The summed E-state index contributed by atoms with van der Waals surface area (Å²) in [7, 11) is 1.67. The number of rotatable bonds is 8. The van der Waals surface area contributed by atoms with E-state index in [-0.39, 0.29) is 0 Å². The largest absolute Gasteiger partial charge is 0.475 e. The van der Waals surface area contributed by atoms with Gasteiger partial charge in [0, 0.05) is 31.5 Å². The molecule has 0 amide bonds. The van der Waals surface area contributed by atoms with Crippen molar-refractivity contribution in [3.05, 3.63) is 23.4 Å². The Hall–Kier alpha value is -1.13. The molecule has 2 rings (SSSR count). The number of ether oxygens (including phenoxy) is 2. The molecule has 0 aliphatic heterocycles. The van der Waals surface area contributed by atoms with Gasteiger partial charge < -0.3 is 14.8 Å². The molecule has 4 heteroatoms. The molecule has 1 aromatic heterocycles. The van der Waals surface area contributed by atoms with Crippen LogP contribution in [0.5, 0.6) is 5.88 Å². The van der Waals surface area contributed by atoms with Crippen LogP contribution >= 0.6 is 0 Å². The maximum Gasteiger partial charge on any atom is 0.213 e. The summed E-state index contributed by atoms with van der Waals surface area (Å²) in [5.74, 6) is 0.707. The molecule has 0 unspecified atom stereocenters. The maximum absolute atomic E-state index is 5.59. The number of nitrogens with zero attached hydrogens (tertiary/aromatic N) is 1. The predicted octanol–water partition coefficient (Wildman–Crippen LogP) is 1.92. The zero-order valence-corrected chi connectivity index (χ0v) is 11.2. The van der Waals surface area contributed by atoms with Crippen molar-refractivity contribution < 1.29 is 9.47 Å². The molecular formula is C14H22N2O2. The second-order valence-corrected chi connectivity index (χ2v) is 4.65. The van der Waals surface area contributed by atoms with E-state index in [9.17, 15) is 0 Å². The minimum atomic E-state index is 0.548. The van der Waals surface area contributed by atoms with Crippen LogP contribution in [0.2, 0.25) is 0 Å². The highest BCUT2D eigenvalue weighted by molar-refractivity contribution is 5.25. The van der Waals surface area contributed by atoms with E-state index in [0.29, 0.717) is 19.1 Å². The first-order chi connectivity index (χ1) is 8.81. The number of methoxy groups -OCH3 is 1. The third kappa shape index (κ3) is 4.27. The highest BCUT2D eigenvalue weighted by Crippen LogP contribution is 2.20. The lowest BCUT2D eigenvalue weighted by Crippen LogP contribution is -2.16. The van der Waals surface area contributed by atoms with Gasteiger partial charge in [0.1, 0.15) is 6.61 Å². The Balaban J connectivity index is 1.95. The van der Waals surface area contributed by atoms with E-state index in [2.05, 4.69) is 23.3 Å². The molecule has 18 heavy (non-hydrogen) atoms. The van der Waals surface area contributed by atoms with Crippen LogP contribution < -0.4 is 10.1 Å². The Morgan fingerprint density at radius 1 is 1.33 bits per heavy atom. The summed E-state index contributed by atoms with van der Waals surface area (Å²) in [6, 6.07) is 4.89. The summed E-state index contributed by atoms with van der Waals surface area (Å²) in [6.07, 6.45) is 3.55. The van der Waals surface area contributed by atoms with Gasteiger partial charge in [-0.25, -0.2) is 4.98 Å². The predicted molar refractivity (Wildman–Crippen MR) is 70.8 cm³/mol. The molecule has 100 valence electrons. The second-order valence-electron chi connectivity index (χ2n) is 4.65. The normalized spacial score (nSPS) is 14.8. The molecule has 0 radical (unpaired) electrons. The fourth-order valence-corrected chi connectivity index (χ4v) is 1.76. The Morgan fingerprint density at radius 3 is 2.83 bits per heavy atom. The summed E-state index contributed by atoms with van der Waals surface area (Å²) in [4.78, 5) is 4.46. The summed E-state index contributed by atoms with van der Waals surface area (Å²) < 4.78 is 10.6. The third-order valence-corrected chi connectivity index (χ3v) is 2.99. The lowest BCUT2D eigenvalue weighted by molar-refractivity contribution is 0.143. The van der Waals surface area contributed by atoms with Gasteiger partial charge in [0.2, 0.25) is 5.88 Å². The smallest absolute Gasteiger partial charge is 0.213 e. The van der Waals surface area contributed by atoms with Crippen molar-refractivity contribution >= 4 is 0 Å². The number of hydrogen-bond donors (Lipinski definition) is 1. The van der Waals surface area contributed by atoms with Crippen LogP contribution in [0.25, 0.3) is 0 Å². The molecule has 1 saturated carbocycles. The molecule has 0 atom stereocenters. The quantitative estimate of drug-likeness (QED) is 0.716. The zero-order chi connectivity index (χ0) is 12.8. The SMILES string of the molecule is CCc1cc(CNC2CC2)cc(OCCOC)n1. The van der Waals surface area contributed by atoms with Crippen molar-refractivity contribution in [2.45, 2.75) is 38.8 Å². The molecule has 4 nitrogen and oxygen atoms in total. The molecule has 0 spiro atoms. The molecular weight excluding hydrogens is 228 g/mol. The van der Waals surface area contributed by atoms with Crippen LogP contribution in [0.1, 0.15) is 31.0 Å². The number of nitrogens with one attached hydrogen (secondary N) is 1. The van der Waals surface area contributed by atoms with Crippen molar-refractivity contribution in [2.75, 3.05) is 20.3 Å². The van der Waals surface area contributed by atoms with Crippen molar-refractivity contribution in [2.24, 2.45) is 0 Å². The molecule has 1 aliphatic rings. The van der Waals surface area contributed by atoms with E-state index in [0.717, 1.165) is 24.7 Å². The van der Waals surface area contributed by atoms with Crippen LogP contribution in [0, 0.1) is 0 Å². The number of hydrogen-bond acceptors (Lipinski definition) is 4. The van der Waals surface area contributed by atoms with Gasteiger partial charge in [-0.3, -0.25) is 0 Å². The Morgan fingerprint density at radius 2 is 2.17 bits per heavy atom. The van der Waals surface area contributed by atoms with Gasteiger partial charge in [-0.05, 0) is 30.9 Å². The summed E-state index contributed by atoms with van der Waals surface area (Å²) in [5.41, 5.74) is 2.33. The summed E-state index contributed by atoms with van der Waals surface area (Å²) in [5, 5.41) is 3.51. The zero-order valence-electron chi connectivity index (χ0n) is 11.2. The Kier molecular flexibility index (Phi) is 4.96. The van der Waals surface area contributed by atoms with E-state index >= 15 is 0 Å². The van der Waals surface area contributed by atoms with Crippen LogP contribution in [0.15, 0.2) is 12.1 Å². The molecule has 1 fully saturated rings. The average Bonchev–Trinajstić information content (AvgIpc) is 3.20. The Labute approximate surface area is 109 Å². The van der Waals surface area contributed by atoms with Gasteiger partial charge in [0.25, 0.3) is 0 Å². The first kappa shape index (κ1) is 13.3. The minimum Gasteiger partial charge on any atom is -0.475 e. The van der Waals surface area contributed by atoms with Gasteiger partial charge in [0.15, 0.2) is 0 Å². The first-order valence-electron chi connectivity index (χ1n) is 6.66. The van der Waals surface area contributed by atoms with E-state index < -0.39 is 0 Å². The minimum absolute atomic E-state index is 0.548. The van der Waals surface area contributed by atoms with Crippen molar-refractivity contribution in [3.63, 3.8) is 0 Å². The van der Waals surface area contributed by atoms with Gasteiger partial charge in [-0.15, -0.1) is 0 Å². The molecule has 0 aromatic carbocycles. The second kappa shape index (κ2) is 6.71. The number of aromatic nitrogens is 1. The van der Waals surface area contributed by atoms with E-state index in [4.69, 9.17) is 9.47 Å². The third-order valence-electron chi connectivity index (χ3n) is 2.99. The molecule has 1 heterocycles. The van der Waals surface area contributed by atoms with E-state index in [1.54, 1.807) is 7.11 Å². The van der Waals surface area contributed by atoms with Crippen molar-refractivity contribution in [1.82, 2.24) is 10.3 Å². The monoisotopic (exact) mass is 250 g/mol. The topological polar surface area (TPSA) is 43.4 Å². The van der Waals surface area contributed by atoms with Gasteiger partial charge in [0.05, 0.1) is 6.61 Å². The summed E-state index contributed by atoms with van der Waals surface area (Å²) >= 11 is 0. The fraction of sp³-hybridized carbons (Fsp3) is 0.643.